The molecule has 0 bridgehead atoms. The van der Waals surface area contributed by atoms with Crippen LogP contribution in [0.3, 0.4) is 0 Å². The number of hydrogen-bond donors (Lipinski definition) is 1. The topological polar surface area (TPSA) is 68.1 Å². The van der Waals surface area contributed by atoms with Gasteiger partial charge in [0.05, 0.1) is 9.40 Å². The highest BCUT2D eigenvalue weighted by molar-refractivity contribution is 9.10. The third-order valence-corrected chi connectivity index (χ3v) is 4.62. The second-order valence-corrected chi connectivity index (χ2v) is 6.48. The molecular formula is C14H20BrN3O2. The van der Waals surface area contributed by atoms with Crippen LogP contribution < -0.4 is 5.32 Å². The molecule has 0 atom stereocenters. The van der Waals surface area contributed by atoms with Crippen molar-refractivity contribution in [1.82, 2.24) is 4.98 Å². The summed E-state index contributed by atoms with van der Waals surface area (Å²) in [5.41, 5.74) is 0.00342. The molecule has 0 spiro atoms. The summed E-state index contributed by atoms with van der Waals surface area (Å²) in [5, 5.41) is 13.9. The normalized spacial score (nSPS) is 22.5. The number of nitro groups is 1. The summed E-state index contributed by atoms with van der Waals surface area (Å²) in [7, 11) is 0. The molecule has 1 aromatic rings. The second-order valence-electron chi connectivity index (χ2n) is 5.62. The van der Waals surface area contributed by atoms with Crippen LogP contribution in [0.1, 0.15) is 39.0 Å². The maximum atomic E-state index is 10.6. The monoisotopic (exact) mass is 341 g/mol. The van der Waals surface area contributed by atoms with Crippen LogP contribution in [0.5, 0.6) is 0 Å². The van der Waals surface area contributed by atoms with E-state index in [1.54, 1.807) is 0 Å². The predicted molar refractivity (Wildman–Crippen MR) is 82.8 cm³/mol. The number of anilines is 1. The van der Waals surface area contributed by atoms with Crippen LogP contribution in [0.2, 0.25) is 0 Å². The highest BCUT2D eigenvalue weighted by Gasteiger charge is 2.18. The van der Waals surface area contributed by atoms with Gasteiger partial charge in [0, 0.05) is 12.6 Å². The molecule has 1 fully saturated rings. The van der Waals surface area contributed by atoms with E-state index in [1.165, 1.54) is 37.9 Å². The zero-order chi connectivity index (χ0) is 14.5. The SMILES string of the molecule is CC1CCC(CCNc2ncc([N+](=O)[O-])cc2Br)CC1. The van der Waals surface area contributed by atoms with Crippen LogP contribution in [0.4, 0.5) is 11.5 Å². The first-order valence-electron chi connectivity index (χ1n) is 7.10. The molecule has 0 amide bonds. The summed E-state index contributed by atoms with van der Waals surface area (Å²) in [5.74, 6) is 2.36. The molecule has 1 N–H and O–H groups in total. The lowest BCUT2D eigenvalue weighted by atomic mass is 9.81. The van der Waals surface area contributed by atoms with Gasteiger partial charge in [-0.1, -0.05) is 32.6 Å². The van der Waals surface area contributed by atoms with Crippen LogP contribution in [0.15, 0.2) is 16.7 Å². The quantitative estimate of drug-likeness (QED) is 0.637. The van der Waals surface area contributed by atoms with Gasteiger partial charge in [-0.15, -0.1) is 0 Å². The Hall–Kier alpha value is -1.17. The van der Waals surface area contributed by atoms with Crippen molar-refractivity contribution in [2.45, 2.75) is 39.0 Å². The second kappa shape index (κ2) is 7.02. The molecule has 6 heteroatoms. The fourth-order valence-corrected chi connectivity index (χ4v) is 3.15. The Morgan fingerprint density at radius 3 is 2.75 bits per heavy atom. The van der Waals surface area contributed by atoms with Gasteiger partial charge in [-0.2, -0.15) is 0 Å². The van der Waals surface area contributed by atoms with Gasteiger partial charge >= 0.3 is 0 Å². The third-order valence-electron chi connectivity index (χ3n) is 4.02. The van der Waals surface area contributed by atoms with Crippen molar-refractivity contribution in [2.24, 2.45) is 11.8 Å². The van der Waals surface area contributed by atoms with Gasteiger partial charge < -0.3 is 5.32 Å². The van der Waals surface area contributed by atoms with E-state index in [0.717, 1.165) is 24.8 Å². The van der Waals surface area contributed by atoms with Gasteiger partial charge in [-0.05, 0) is 34.2 Å². The lowest BCUT2D eigenvalue weighted by Gasteiger charge is -2.26. The third kappa shape index (κ3) is 4.16. The first kappa shape index (κ1) is 15.2. The standard InChI is InChI=1S/C14H20BrN3O2/c1-10-2-4-11(5-3-10)6-7-16-14-13(15)8-12(9-17-14)18(19)20/h8-11H,2-7H2,1H3,(H,16,17). The van der Waals surface area contributed by atoms with Gasteiger partial charge in [-0.25, -0.2) is 4.98 Å². The zero-order valence-electron chi connectivity index (χ0n) is 11.6. The highest BCUT2D eigenvalue weighted by Crippen LogP contribution is 2.30. The van der Waals surface area contributed by atoms with E-state index >= 15 is 0 Å². The van der Waals surface area contributed by atoms with E-state index in [2.05, 4.69) is 33.2 Å². The Labute approximate surface area is 127 Å². The van der Waals surface area contributed by atoms with Gasteiger partial charge in [0.25, 0.3) is 5.69 Å². The van der Waals surface area contributed by atoms with Crippen molar-refractivity contribution in [3.05, 3.63) is 26.9 Å². The van der Waals surface area contributed by atoms with Crippen LogP contribution in [0.25, 0.3) is 0 Å². The van der Waals surface area contributed by atoms with E-state index in [9.17, 15) is 10.1 Å². The zero-order valence-corrected chi connectivity index (χ0v) is 13.2. The minimum Gasteiger partial charge on any atom is -0.369 e. The number of nitrogens with one attached hydrogen (secondary N) is 1. The van der Waals surface area contributed by atoms with Crippen LogP contribution in [-0.2, 0) is 0 Å². The molecule has 1 aliphatic rings. The predicted octanol–water partition coefficient (Wildman–Crippen LogP) is 4.38. The van der Waals surface area contributed by atoms with Gasteiger partial charge in [0.2, 0.25) is 0 Å². The molecular weight excluding hydrogens is 322 g/mol. The van der Waals surface area contributed by atoms with Crippen molar-refractivity contribution in [2.75, 3.05) is 11.9 Å². The maximum Gasteiger partial charge on any atom is 0.288 e. The molecule has 0 unspecified atom stereocenters. The first-order chi connectivity index (χ1) is 9.56. The molecule has 0 aromatic carbocycles. The smallest absolute Gasteiger partial charge is 0.288 e. The van der Waals surface area contributed by atoms with Crippen molar-refractivity contribution < 1.29 is 4.92 Å². The maximum absolute atomic E-state index is 10.6. The van der Waals surface area contributed by atoms with E-state index in [4.69, 9.17) is 0 Å². The Morgan fingerprint density at radius 1 is 1.45 bits per heavy atom. The van der Waals surface area contributed by atoms with Crippen molar-refractivity contribution in [3.63, 3.8) is 0 Å². The van der Waals surface area contributed by atoms with Crippen LogP contribution in [0, 0.1) is 22.0 Å². The van der Waals surface area contributed by atoms with Gasteiger partial charge in [-0.3, -0.25) is 10.1 Å². The van der Waals surface area contributed by atoms with E-state index in [1.807, 2.05) is 0 Å². The number of rotatable bonds is 5. The number of halogens is 1. The summed E-state index contributed by atoms with van der Waals surface area (Å²) in [4.78, 5) is 14.3. The molecule has 1 aliphatic carbocycles. The molecule has 0 saturated heterocycles. The Bertz CT molecular complexity index is 473. The Morgan fingerprint density at radius 2 is 2.15 bits per heavy atom. The molecule has 110 valence electrons. The summed E-state index contributed by atoms with van der Waals surface area (Å²) < 4.78 is 0.643. The molecule has 20 heavy (non-hydrogen) atoms. The largest absolute Gasteiger partial charge is 0.369 e. The number of aromatic nitrogens is 1. The molecule has 2 rings (SSSR count). The summed E-state index contributed by atoms with van der Waals surface area (Å²) >= 11 is 3.32. The number of nitrogens with zero attached hydrogens (tertiary/aromatic N) is 2. The summed E-state index contributed by atoms with van der Waals surface area (Å²) in [6.07, 6.45) is 7.73. The molecule has 1 heterocycles. The lowest BCUT2D eigenvalue weighted by Crippen LogP contribution is -2.16. The molecule has 0 aliphatic heterocycles. The number of hydrogen-bond acceptors (Lipinski definition) is 4. The molecule has 1 saturated carbocycles. The summed E-state index contributed by atoms with van der Waals surface area (Å²) in [6.45, 7) is 3.19. The molecule has 5 nitrogen and oxygen atoms in total. The van der Waals surface area contributed by atoms with Crippen LogP contribution in [-0.4, -0.2) is 16.5 Å². The van der Waals surface area contributed by atoms with Crippen LogP contribution >= 0.6 is 15.9 Å². The first-order valence-corrected chi connectivity index (χ1v) is 7.89. The minimum atomic E-state index is -0.440. The van der Waals surface area contributed by atoms with Gasteiger partial charge in [0.1, 0.15) is 12.0 Å². The van der Waals surface area contributed by atoms with E-state index in [0.29, 0.717) is 10.3 Å². The molecule has 0 radical (unpaired) electrons. The lowest BCUT2D eigenvalue weighted by molar-refractivity contribution is -0.385. The Balaban J connectivity index is 1.81. The van der Waals surface area contributed by atoms with E-state index < -0.39 is 4.92 Å². The van der Waals surface area contributed by atoms with Crippen molar-refractivity contribution >= 4 is 27.4 Å². The highest BCUT2D eigenvalue weighted by atomic mass is 79.9. The minimum absolute atomic E-state index is 0.00342. The Kier molecular flexibility index (Phi) is 5.34. The molecule has 1 aromatic heterocycles. The van der Waals surface area contributed by atoms with Crippen molar-refractivity contribution in [1.29, 1.82) is 0 Å². The fourth-order valence-electron chi connectivity index (χ4n) is 2.67. The van der Waals surface area contributed by atoms with Crippen molar-refractivity contribution in [3.8, 4) is 0 Å². The average molecular weight is 342 g/mol. The van der Waals surface area contributed by atoms with Gasteiger partial charge in [0.15, 0.2) is 0 Å². The number of pyridine rings is 1. The summed E-state index contributed by atoms with van der Waals surface area (Å²) in [6, 6.07) is 1.48. The fraction of sp³-hybridized carbons (Fsp3) is 0.643. The average Bonchev–Trinajstić information content (AvgIpc) is 2.42. The van der Waals surface area contributed by atoms with E-state index in [-0.39, 0.29) is 5.69 Å².